The number of aldehydes is 1. The minimum absolute atomic E-state index is 0.131. The predicted octanol–water partition coefficient (Wildman–Crippen LogP) is 1.55. The van der Waals surface area contributed by atoms with Gasteiger partial charge in [-0.1, -0.05) is 0 Å². The lowest BCUT2D eigenvalue weighted by atomic mass is 10.3. The Bertz CT molecular complexity index is 551. The van der Waals surface area contributed by atoms with Crippen LogP contribution in [-0.4, -0.2) is 16.1 Å². The highest BCUT2D eigenvalue weighted by molar-refractivity contribution is 5.75. The molecule has 2 N–H and O–H groups in total. The molecule has 0 amide bonds. The van der Waals surface area contributed by atoms with Gasteiger partial charge in [0, 0.05) is 12.1 Å². The number of nitrogens with two attached hydrogens (primary N) is 1. The average Bonchev–Trinajstić information content (AvgIpc) is 2.63. The molecule has 0 aliphatic heterocycles. The quantitative estimate of drug-likeness (QED) is 0.785. The molecule has 16 heavy (non-hydrogen) atoms. The van der Waals surface area contributed by atoms with E-state index in [2.05, 4.69) is 5.10 Å². The largest absolute Gasteiger partial charge is 0.382 e. The Labute approximate surface area is 89.3 Å². The van der Waals surface area contributed by atoms with Crippen LogP contribution < -0.4 is 5.73 Å². The Morgan fingerprint density at radius 3 is 2.62 bits per heavy atom. The smallest absolute Gasteiger partial charge is 0.168 e. The molecule has 1 aromatic carbocycles. The van der Waals surface area contributed by atoms with E-state index < -0.39 is 11.6 Å². The summed E-state index contributed by atoms with van der Waals surface area (Å²) in [6.45, 7) is 0. The molecule has 82 valence electrons. The zero-order valence-corrected chi connectivity index (χ0v) is 8.02. The fourth-order valence-electron chi connectivity index (χ4n) is 1.32. The summed E-state index contributed by atoms with van der Waals surface area (Å²) in [5.41, 5.74) is 5.81. The molecule has 0 aliphatic rings. The van der Waals surface area contributed by atoms with Gasteiger partial charge in [0.15, 0.2) is 17.9 Å². The third-order valence-corrected chi connectivity index (χ3v) is 2.02. The van der Waals surface area contributed by atoms with Crippen LogP contribution in [0.25, 0.3) is 5.69 Å². The molecular formula is C10H7F2N3O. The van der Waals surface area contributed by atoms with Crippen molar-refractivity contribution in [3.8, 4) is 5.69 Å². The summed E-state index contributed by atoms with van der Waals surface area (Å²) in [7, 11) is 0. The number of carbonyl (C=O) groups excluding carboxylic acids is 1. The summed E-state index contributed by atoms with van der Waals surface area (Å²) in [5.74, 6) is -1.84. The van der Waals surface area contributed by atoms with Crippen molar-refractivity contribution in [1.29, 1.82) is 0 Å². The number of nitrogens with zero attached hydrogens (tertiary/aromatic N) is 2. The number of carbonyl (C=O) groups is 1. The number of aromatic nitrogens is 2. The summed E-state index contributed by atoms with van der Waals surface area (Å²) in [5, 5.41) is 3.80. The maximum absolute atomic E-state index is 13.0. The van der Waals surface area contributed by atoms with Crippen molar-refractivity contribution in [3.05, 3.63) is 41.6 Å². The molecule has 0 unspecified atom stereocenters. The van der Waals surface area contributed by atoms with Gasteiger partial charge in [-0.3, -0.25) is 4.79 Å². The monoisotopic (exact) mass is 223 g/mol. The Morgan fingerprint density at radius 1 is 1.25 bits per heavy atom. The summed E-state index contributed by atoms with van der Waals surface area (Å²) < 4.78 is 26.8. The van der Waals surface area contributed by atoms with Crippen LogP contribution in [0.15, 0.2) is 24.3 Å². The van der Waals surface area contributed by atoms with E-state index in [0.29, 0.717) is 6.29 Å². The Hall–Kier alpha value is -2.24. The molecule has 0 aliphatic carbocycles. The van der Waals surface area contributed by atoms with Gasteiger partial charge in [0.2, 0.25) is 0 Å². The van der Waals surface area contributed by atoms with E-state index >= 15 is 0 Å². The Kier molecular flexibility index (Phi) is 2.40. The molecule has 2 aromatic rings. The minimum atomic E-state index is -1.01. The Balaban J connectivity index is 2.57. The van der Waals surface area contributed by atoms with Crippen molar-refractivity contribution in [2.24, 2.45) is 0 Å². The normalized spacial score (nSPS) is 10.4. The van der Waals surface area contributed by atoms with E-state index in [9.17, 15) is 13.6 Å². The second-order valence-electron chi connectivity index (χ2n) is 3.12. The molecular weight excluding hydrogens is 216 g/mol. The maximum Gasteiger partial charge on any atom is 0.168 e. The van der Waals surface area contributed by atoms with Crippen molar-refractivity contribution < 1.29 is 13.6 Å². The highest BCUT2D eigenvalue weighted by Crippen LogP contribution is 2.15. The van der Waals surface area contributed by atoms with E-state index in [1.54, 1.807) is 0 Å². The van der Waals surface area contributed by atoms with Gasteiger partial charge in [-0.2, -0.15) is 5.10 Å². The zero-order chi connectivity index (χ0) is 11.7. The predicted molar refractivity (Wildman–Crippen MR) is 53.3 cm³/mol. The van der Waals surface area contributed by atoms with E-state index in [0.717, 1.165) is 16.8 Å². The molecule has 0 radical (unpaired) electrons. The second-order valence-corrected chi connectivity index (χ2v) is 3.12. The first-order valence-corrected chi connectivity index (χ1v) is 4.38. The molecule has 1 heterocycles. The minimum Gasteiger partial charge on any atom is -0.382 e. The lowest BCUT2D eigenvalue weighted by molar-refractivity contribution is 0.111. The van der Waals surface area contributed by atoms with Gasteiger partial charge < -0.3 is 5.73 Å². The van der Waals surface area contributed by atoms with Crippen LogP contribution in [0.5, 0.6) is 0 Å². The SMILES string of the molecule is Nc1cc(C=O)n(-c2ccc(F)c(F)c2)n1. The Morgan fingerprint density at radius 2 is 2.00 bits per heavy atom. The molecule has 6 heteroatoms. The number of hydrogen-bond donors (Lipinski definition) is 1. The van der Waals surface area contributed by atoms with Gasteiger partial charge in [0.25, 0.3) is 0 Å². The van der Waals surface area contributed by atoms with Gasteiger partial charge in [0.1, 0.15) is 11.5 Å². The lowest BCUT2D eigenvalue weighted by Gasteiger charge is -2.03. The van der Waals surface area contributed by atoms with Crippen LogP contribution in [0.4, 0.5) is 14.6 Å². The molecule has 0 fully saturated rings. The number of hydrogen-bond acceptors (Lipinski definition) is 3. The van der Waals surface area contributed by atoms with E-state index in [-0.39, 0.29) is 17.2 Å². The van der Waals surface area contributed by atoms with E-state index in [1.165, 1.54) is 12.1 Å². The fourth-order valence-corrected chi connectivity index (χ4v) is 1.32. The van der Waals surface area contributed by atoms with Crippen LogP contribution in [0, 0.1) is 11.6 Å². The number of rotatable bonds is 2. The number of nitrogen functional groups attached to an aromatic ring is 1. The van der Waals surface area contributed by atoms with Gasteiger partial charge >= 0.3 is 0 Å². The number of anilines is 1. The van der Waals surface area contributed by atoms with Gasteiger partial charge in [0.05, 0.1) is 5.69 Å². The second kappa shape index (κ2) is 3.73. The van der Waals surface area contributed by atoms with E-state index in [1.807, 2.05) is 0 Å². The average molecular weight is 223 g/mol. The zero-order valence-electron chi connectivity index (χ0n) is 8.02. The molecule has 1 aromatic heterocycles. The summed E-state index contributed by atoms with van der Waals surface area (Å²) in [6.07, 6.45) is 0.532. The highest BCUT2D eigenvalue weighted by atomic mass is 19.2. The molecule has 0 saturated heterocycles. The van der Waals surface area contributed by atoms with Gasteiger partial charge in [-0.15, -0.1) is 0 Å². The van der Waals surface area contributed by atoms with Gasteiger partial charge in [-0.25, -0.2) is 13.5 Å². The molecule has 0 saturated carbocycles. The van der Waals surface area contributed by atoms with Crippen molar-refractivity contribution >= 4 is 12.1 Å². The highest BCUT2D eigenvalue weighted by Gasteiger charge is 2.09. The molecule has 0 bridgehead atoms. The number of benzene rings is 1. The standard InChI is InChI=1S/C10H7F2N3O/c11-8-2-1-6(3-9(8)12)15-7(5-16)4-10(13)14-15/h1-5H,(H2,13,14). The van der Waals surface area contributed by atoms with Crippen LogP contribution in [0.3, 0.4) is 0 Å². The summed E-state index contributed by atoms with van der Waals surface area (Å²) in [6, 6.07) is 4.54. The first-order valence-electron chi connectivity index (χ1n) is 4.38. The first-order chi connectivity index (χ1) is 7.61. The summed E-state index contributed by atoms with van der Waals surface area (Å²) >= 11 is 0. The van der Waals surface area contributed by atoms with Crippen LogP contribution in [0.2, 0.25) is 0 Å². The molecule has 2 rings (SSSR count). The molecule has 0 spiro atoms. The topological polar surface area (TPSA) is 60.9 Å². The fraction of sp³-hybridized carbons (Fsp3) is 0. The van der Waals surface area contributed by atoms with Crippen LogP contribution in [0.1, 0.15) is 10.5 Å². The molecule has 4 nitrogen and oxygen atoms in total. The third-order valence-electron chi connectivity index (χ3n) is 2.02. The maximum atomic E-state index is 13.0. The molecule has 0 atom stereocenters. The summed E-state index contributed by atoms with van der Waals surface area (Å²) in [4.78, 5) is 10.7. The first kappa shape index (κ1) is 10.3. The lowest BCUT2D eigenvalue weighted by Crippen LogP contribution is -2.02. The van der Waals surface area contributed by atoms with Crippen molar-refractivity contribution in [2.75, 3.05) is 5.73 Å². The van der Waals surface area contributed by atoms with Crippen molar-refractivity contribution in [2.45, 2.75) is 0 Å². The van der Waals surface area contributed by atoms with Crippen LogP contribution >= 0.6 is 0 Å². The van der Waals surface area contributed by atoms with E-state index in [4.69, 9.17) is 5.73 Å². The third kappa shape index (κ3) is 1.65. The van der Waals surface area contributed by atoms with Crippen molar-refractivity contribution in [3.63, 3.8) is 0 Å². The van der Waals surface area contributed by atoms with Crippen molar-refractivity contribution in [1.82, 2.24) is 9.78 Å². The number of halogens is 2. The van der Waals surface area contributed by atoms with Gasteiger partial charge in [-0.05, 0) is 12.1 Å². The van der Waals surface area contributed by atoms with Crippen LogP contribution in [-0.2, 0) is 0 Å².